The van der Waals surface area contributed by atoms with E-state index in [2.05, 4.69) is 5.32 Å². The number of piperidine rings is 1. The predicted octanol–water partition coefficient (Wildman–Crippen LogP) is 2.51. The number of hydrogen-bond donors (Lipinski definition) is 2. The molecule has 2 atom stereocenters. The number of benzene rings is 2. The Morgan fingerprint density at radius 1 is 1.31 bits per heavy atom. The lowest BCUT2D eigenvalue weighted by atomic mass is 10.0. The molecule has 2 N–H and O–H groups in total. The van der Waals surface area contributed by atoms with E-state index < -0.39 is 66.3 Å². The molecule has 4 rings (SSSR count). The van der Waals surface area contributed by atoms with Crippen LogP contribution in [0.25, 0.3) is 0 Å². The number of alkyl halides is 2. The zero-order valence-corrected chi connectivity index (χ0v) is 17.1. The summed E-state index contributed by atoms with van der Waals surface area (Å²) in [6, 6.07) is 3.01. The fourth-order valence-corrected chi connectivity index (χ4v) is 3.56. The van der Waals surface area contributed by atoms with Gasteiger partial charge in [-0.15, -0.1) is 0 Å². The summed E-state index contributed by atoms with van der Waals surface area (Å²) in [6.45, 7) is -2.30. The van der Waals surface area contributed by atoms with Gasteiger partial charge < -0.3 is 10.2 Å². The largest absolute Gasteiger partial charge is 0.349 e. The van der Waals surface area contributed by atoms with Crippen molar-refractivity contribution in [3.63, 3.8) is 0 Å². The molecule has 1 fully saturated rings. The van der Waals surface area contributed by atoms with E-state index in [1.165, 1.54) is 12.1 Å². The van der Waals surface area contributed by atoms with Gasteiger partial charge >= 0.3 is 5.92 Å². The van der Waals surface area contributed by atoms with Gasteiger partial charge in [0.2, 0.25) is 11.8 Å². The van der Waals surface area contributed by atoms with Crippen LogP contribution >= 0.6 is 11.6 Å². The van der Waals surface area contributed by atoms with Crippen molar-refractivity contribution in [2.75, 3.05) is 0 Å². The van der Waals surface area contributed by atoms with Crippen molar-refractivity contribution in [2.24, 2.45) is 0 Å². The van der Waals surface area contributed by atoms with Gasteiger partial charge in [0.1, 0.15) is 6.04 Å². The van der Waals surface area contributed by atoms with E-state index in [4.69, 9.17) is 17.1 Å². The second-order valence-electron chi connectivity index (χ2n) is 7.26. The maximum absolute atomic E-state index is 14.7. The average Bonchev–Trinajstić information content (AvgIpc) is 3.06. The molecule has 4 amide bonds. The summed E-state index contributed by atoms with van der Waals surface area (Å²) < 4.78 is 62.2. The number of amides is 4. The topological polar surface area (TPSA) is 95.6 Å². The molecule has 32 heavy (non-hydrogen) atoms. The molecule has 2 heterocycles. The molecule has 0 spiro atoms. The van der Waals surface area contributed by atoms with Gasteiger partial charge in [0.15, 0.2) is 1.41 Å². The zero-order chi connectivity index (χ0) is 26.5. The molecule has 0 bridgehead atoms. The van der Waals surface area contributed by atoms with E-state index in [1.54, 1.807) is 0 Å². The van der Waals surface area contributed by atoms with Crippen molar-refractivity contribution in [1.29, 1.82) is 0 Å². The highest BCUT2D eigenvalue weighted by atomic mass is 35.5. The first-order valence-corrected chi connectivity index (χ1v) is 9.88. The summed E-state index contributed by atoms with van der Waals surface area (Å²) in [5.74, 6) is -8.10. The fourth-order valence-electron chi connectivity index (χ4n) is 3.43. The summed E-state index contributed by atoms with van der Waals surface area (Å²) >= 11 is 5.69. The second-order valence-corrected chi connectivity index (χ2v) is 7.70. The third-order valence-electron chi connectivity index (χ3n) is 5.11. The number of carbonyl (C=O) groups excluding carboxylic acids is 4. The quantitative estimate of drug-likeness (QED) is 0.663. The molecular weight excluding hydrogens is 444 g/mol. The van der Waals surface area contributed by atoms with Gasteiger partial charge in [-0.05, 0) is 35.7 Å². The molecule has 0 aromatic heterocycles. The Labute approximate surface area is 192 Å². The number of rotatable bonds is 5. The molecular formula is C22H18ClF2N3O4. The summed E-state index contributed by atoms with van der Waals surface area (Å²) in [5.41, 5.74) is -1.26. The Balaban J connectivity index is 1.61. The highest BCUT2D eigenvalue weighted by Crippen LogP contribution is 2.30. The fraction of sp³-hybridized carbons (Fsp3) is 0.273. The summed E-state index contributed by atoms with van der Waals surface area (Å²) in [6.07, 6.45) is -0.0772. The highest BCUT2D eigenvalue weighted by Gasteiger charge is 2.41. The summed E-state index contributed by atoms with van der Waals surface area (Å²) in [7, 11) is 0. The first-order valence-electron chi connectivity index (χ1n) is 11.5. The van der Waals surface area contributed by atoms with Crippen molar-refractivity contribution >= 4 is 35.2 Å². The Morgan fingerprint density at radius 2 is 2.03 bits per heavy atom. The van der Waals surface area contributed by atoms with E-state index in [9.17, 15) is 28.0 Å². The van der Waals surface area contributed by atoms with E-state index in [-0.39, 0.29) is 39.9 Å². The number of carbonyl (C=O) groups is 4. The molecule has 2 aromatic rings. The second kappa shape index (κ2) is 8.31. The number of nitrogens with one attached hydrogen (secondary N) is 2. The minimum atomic E-state index is -4.08. The molecule has 1 saturated heterocycles. The minimum absolute atomic E-state index is 0.0253. The molecule has 10 heteroatoms. The monoisotopic (exact) mass is 465 g/mol. The van der Waals surface area contributed by atoms with Gasteiger partial charge in [0.25, 0.3) is 11.8 Å². The Bertz CT molecular complexity index is 1300. The van der Waals surface area contributed by atoms with Crippen LogP contribution < -0.4 is 10.6 Å². The van der Waals surface area contributed by atoms with Gasteiger partial charge in [0.05, 0.1) is 4.11 Å². The molecule has 166 valence electrons. The third kappa shape index (κ3) is 4.08. The van der Waals surface area contributed by atoms with Crippen LogP contribution in [0.3, 0.4) is 0 Å². The van der Waals surface area contributed by atoms with Crippen LogP contribution in [0.4, 0.5) is 8.78 Å². The normalized spacial score (nSPS) is 22.5. The van der Waals surface area contributed by atoms with Gasteiger partial charge in [-0.1, -0.05) is 35.8 Å². The summed E-state index contributed by atoms with van der Waals surface area (Å²) in [4.78, 5) is 50.0. The Kier molecular flexibility index (Phi) is 4.48. The van der Waals surface area contributed by atoms with Gasteiger partial charge in [-0.25, -0.2) is 0 Å². The number of imide groups is 1. The van der Waals surface area contributed by atoms with Crippen molar-refractivity contribution < 1.29 is 33.5 Å². The zero-order valence-electron chi connectivity index (χ0n) is 20.3. The van der Waals surface area contributed by atoms with Crippen LogP contribution in [0.1, 0.15) is 44.0 Å². The predicted molar refractivity (Wildman–Crippen MR) is 110 cm³/mol. The molecule has 0 saturated carbocycles. The van der Waals surface area contributed by atoms with Crippen LogP contribution in [0, 0.1) is 0 Å². The van der Waals surface area contributed by atoms with E-state index in [1.807, 2.05) is 0 Å². The van der Waals surface area contributed by atoms with Crippen molar-refractivity contribution in [2.45, 2.75) is 37.9 Å². The van der Waals surface area contributed by atoms with Crippen LogP contribution in [0.5, 0.6) is 0 Å². The van der Waals surface area contributed by atoms with Crippen molar-refractivity contribution in [3.05, 3.63) is 69.7 Å². The van der Waals surface area contributed by atoms with Crippen molar-refractivity contribution in [1.82, 2.24) is 15.5 Å². The van der Waals surface area contributed by atoms with Crippen LogP contribution in [-0.4, -0.2) is 34.6 Å². The van der Waals surface area contributed by atoms with Crippen LogP contribution in [-0.2, 0) is 33.4 Å². The number of fused-ring (bicyclic) bond motifs is 1. The minimum Gasteiger partial charge on any atom is -0.346 e. The van der Waals surface area contributed by atoms with Crippen molar-refractivity contribution in [3.8, 4) is 0 Å². The standard InChI is InChI=1S/C22H18ClF2N3O4/c23-15-4-2-14(3-5-15)22(24,25)21(32)26-10-12-1-6-16-13(9-12)11-28(20(16)31)17-7-8-18(29)27-19(17)30/h1-6,9,17H,7-8,10-11H2,(H,26,32)(H,27,29,30)/i1D,6D,11D/hD. The number of halogens is 3. The van der Waals surface area contributed by atoms with E-state index in [0.29, 0.717) is 0 Å². The molecule has 0 radical (unpaired) electrons. The number of nitrogens with zero attached hydrogens (tertiary/aromatic N) is 1. The molecule has 0 aliphatic carbocycles. The molecule has 7 nitrogen and oxygen atoms in total. The first kappa shape index (κ1) is 17.3. The van der Waals surface area contributed by atoms with Crippen LogP contribution in [0.2, 0.25) is 6.43 Å². The molecule has 2 aromatic carbocycles. The Morgan fingerprint density at radius 3 is 2.72 bits per heavy atom. The summed E-state index contributed by atoms with van der Waals surface area (Å²) in [5, 5.41) is 2.22. The SMILES string of the molecule is [2H]c1c(CN([2H])C(=O)C(F)(F)c2ccc(Cl)cc2)cc2c(c1[2H])C(=O)N(C1CCC(=O)NC1=O)C2[2H]. The lowest BCUT2D eigenvalue weighted by Crippen LogP contribution is -2.52. The Hall–Kier alpha value is -3.33. The highest BCUT2D eigenvalue weighted by molar-refractivity contribution is 6.30. The van der Waals surface area contributed by atoms with Gasteiger partial charge in [-0.3, -0.25) is 24.5 Å². The maximum Gasteiger partial charge on any atom is 0.349 e. The van der Waals surface area contributed by atoms with E-state index in [0.717, 1.165) is 23.1 Å². The smallest absolute Gasteiger partial charge is 0.346 e. The van der Waals surface area contributed by atoms with Gasteiger partial charge in [0, 0.05) is 35.6 Å². The first-order chi connectivity index (χ1) is 16.8. The molecule has 2 unspecified atom stereocenters. The van der Waals surface area contributed by atoms with Gasteiger partial charge in [-0.2, -0.15) is 8.78 Å². The number of hydrogen-bond acceptors (Lipinski definition) is 4. The molecule has 2 aliphatic heterocycles. The maximum atomic E-state index is 14.7. The molecule has 2 aliphatic rings. The average molecular weight is 466 g/mol. The van der Waals surface area contributed by atoms with Crippen LogP contribution in [0.15, 0.2) is 42.4 Å². The lowest BCUT2D eigenvalue weighted by molar-refractivity contribution is -0.147. The lowest BCUT2D eigenvalue weighted by Gasteiger charge is -2.29. The van der Waals surface area contributed by atoms with E-state index >= 15 is 0 Å². The third-order valence-corrected chi connectivity index (χ3v) is 5.36.